The lowest BCUT2D eigenvalue weighted by Gasteiger charge is -2.21. The summed E-state index contributed by atoms with van der Waals surface area (Å²) in [7, 11) is 0. The molecular formula is C7H12N2OS. The van der Waals surface area contributed by atoms with Gasteiger partial charge in [-0.1, -0.05) is 6.92 Å². The van der Waals surface area contributed by atoms with E-state index in [1.54, 1.807) is 17.3 Å². The van der Waals surface area contributed by atoms with Crippen LogP contribution in [-0.4, -0.2) is 22.7 Å². The zero-order chi connectivity index (χ0) is 8.27. The average molecular weight is 172 g/mol. The Hall–Kier alpha value is -0.640. The summed E-state index contributed by atoms with van der Waals surface area (Å²) in [5.74, 6) is 0.768. The number of rotatable bonds is 2. The first-order valence-corrected chi connectivity index (χ1v) is 4.27. The SMILES string of the molecule is CCC(=O)N1C=CNC1CS. The minimum Gasteiger partial charge on any atom is -0.369 e. The summed E-state index contributed by atoms with van der Waals surface area (Å²) in [6, 6.07) is 0. The number of thiol groups is 1. The van der Waals surface area contributed by atoms with E-state index in [1.807, 2.05) is 6.92 Å². The van der Waals surface area contributed by atoms with Gasteiger partial charge >= 0.3 is 0 Å². The predicted molar refractivity (Wildman–Crippen MR) is 47.1 cm³/mol. The first-order chi connectivity index (χ1) is 5.29. The molecule has 0 aliphatic carbocycles. The highest BCUT2D eigenvalue weighted by atomic mass is 32.1. The zero-order valence-electron chi connectivity index (χ0n) is 6.45. The van der Waals surface area contributed by atoms with E-state index < -0.39 is 0 Å². The van der Waals surface area contributed by atoms with E-state index >= 15 is 0 Å². The Morgan fingerprint density at radius 1 is 1.82 bits per heavy atom. The van der Waals surface area contributed by atoms with Gasteiger partial charge in [-0.15, -0.1) is 0 Å². The van der Waals surface area contributed by atoms with Crippen LogP contribution in [0.15, 0.2) is 12.4 Å². The van der Waals surface area contributed by atoms with Gasteiger partial charge in [0.1, 0.15) is 6.17 Å². The van der Waals surface area contributed by atoms with Gasteiger partial charge in [-0.05, 0) is 0 Å². The lowest BCUT2D eigenvalue weighted by atomic mass is 10.4. The fourth-order valence-electron chi connectivity index (χ4n) is 0.999. The van der Waals surface area contributed by atoms with Crippen LogP contribution in [0.3, 0.4) is 0 Å². The Kier molecular flexibility index (Phi) is 2.82. The summed E-state index contributed by atoms with van der Waals surface area (Å²) < 4.78 is 0. The van der Waals surface area contributed by atoms with Crippen molar-refractivity contribution in [2.24, 2.45) is 0 Å². The highest BCUT2D eigenvalue weighted by Gasteiger charge is 2.21. The van der Waals surface area contributed by atoms with Crippen molar-refractivity contribution in [2.75, 3.05) is 5.75 Å². The summed E-state index contributed by atoms with van der Waals surface area (Å²) in [5, 5.41) is 3.02. The molecule has 11 heavy (non-hydrogen) atoms. The lowest BCUT2D eigenvalue weighted by Crippen LogP contribution is -2.40. The second-order valence-corrected chi connectivity index (χ2v) is 2.70. The smallest absolute Gasteiger partial charge is 0.228 e. The number of amides is 1. The average Bonchev–Trinajstić information content (AvgIpc) is 2.50. The Labute approximate surface area is 71.9 Å². The quantitative estimate of drug-likeness (QED) is 0.596. The van der Waals surface area contributed by atoms with Gasteiger partial charge in [0, 0.05) is 24.6 Å². The first-order valence-electron chi connectivity index (χ1n) is 3.64. The molecule has 1 rings (SSSR count). The van der Waals surface area contributed by atoms with Gasteiger partial charge in [-0.2, -0.15) is 12.6 Å². The van der Waals surface area contributed by atoms with Crippen LogP contribution in [0.4, 0.5) is 0 Å². The van der Waals surface area contributed by atoms with Crippen molar-refractivity contribution in [2.45, 2.75) is 19.5 Å². The van der Waals surface area contributed by atoms with Gasteiger partial charge < -0.3 is 5.32 Å². The third kappa shape index (κ3) is 1.68. The van der Waals surface area contributed by atoms with Crippen LogP contribution in [0.5, 0.6) is 0 Å². The molecule has 1 amide bonds. The molecule has 0 spiro atoms. The van der Waals surface area contributed by atoms with Crippen molar-refractivity contribution in [3.8, 4) is 0 Å². The molecule has 3 nitrogen and oxygen atoms in total. The van der Waals surface area contributed by atoms with Crippen molar-refractivity contribution in [1.82, 2.24) is 10.2 Å². The second-order valence-electron chi connectivity index (χ2n) is 2.34. The molecule has 4 heteroatoms. The van der Waals surface area contributed by atoms with Gasteiger partial charge in [0.25, 0.3) is 0 Å². The van der Waals surface area contributed by atoms with Crippen molar-refractivity contribution in [1.29, 1.82) is 0 Å². The molecule has 0 fully saturated rings. The molecule has 0 radical (unpaired) electrons. The molecule has 0 saturated carbocycles. The van der Waals surface area contributed by atoms with Crippen molar-refractivity contribution in [3.63, 3.8) is 0 Å². The third-order valence-corrected chi connectivity index (χ3v) is 1.97. The summed E-state index contributed by atoms with van der Waals surface area (Å²) in [4.78, 5) is 12.9. The van der Waals surface area contributed by atoms with E-state index in [9.17, 15) is 4.79 Å². The molecule has 1 N–H and O–H groups in total. The molecule has 0 bridgehead atoms. The van der Waals surface area contributed by atoms with Gasteiger partial charge in [0.15, 0.2) is 0 Å². The van der Waals surface area contributed by atoms with Crippen molar-refractivity contribution >= 4 is 18.5 Å². The molecule has 0 saturated heterocycles. The van der Waals surface area contributed by atoms with Gasteiger partial charge in [-0.25, -0.2) is 0 Å². The maximum Gasteiger partial charge on any atom is 0.228 e. The minimum absolute atomic E-state index is 0.0470. The van der Waals surface area contributed by atoms with Crippen LogP contribution in [0.25, 0.3) is 0 Å². The third-order valence-electron chi connectivity index (χ3n) is 1.62. The Bertz CT molecular complexity index is 181. The van der Waals surface area contributed by atoms with E-state index in [1.165, 1.54) is 0 Å². The maximum atomic E-state index is 11.2. The standard InChI is InChI=1S/C7H12N2OS/c1-2-7(10)9-4-3-8-6(9)5-11/h3-4,6,8,11H,2,5H2,1H3. The van der Waals surface area contributed by atoms with Gasteiger partial charge in [0.2, 0.25) is 5.91 Å². The molecule has 0 aromatic rings. The maximum absolute atomic E-state index is 11.2. The lowest BCUT2D eigenvalue weighted by molar-refractivity contribution is -0.129. The van der Waals surface area contributed by atoms with Crippen LogP contribution in [0.2, 0.25) is 0 Å². The molecule has 62 valence electrons. The van der Waals surface area contributed by atoms with Crippen LogP contribution >= 0.6 is 12.6 Å². The Morgan fingerprint density at radius 3 is 3.09 bits per heavy atom. The van der Waals surface area contributed by atoms with Crippen LogP contribution in [-0.2, 0) is 4.79 Å². The van der Waals surface area contributed by atoms with Crippen molar-refractivity contribution in [3.05, 3.63) is 12.4 Å². The van der Waals surface area contributed by atoms with E-state index in [4.69, 9.17) is 0 Å². The Morgan fingerprint density at radius 2 is 2.55 bits per heavy atom. The highest BCUT2D eigenvalue weighted by molar-refractivity contribution is 7.80. The minimum atomic E-state index is 0.0470. The number of nitrogens with zero attached hydrogens (tertiary/aromatic N) is 1. The van der Waals surface area contributed by atoms with Crippen LogP contribution in [0.1, 0.15) is 13.3 Å². The largest absolute Gasteiger partial charge is 0.369 e. The molecule has 0 aromatic heterocycles. The zero-order valence-corrected chi connectivity index (χ0v) is 7.34. The summed E-state index contributed by atoms with van der Waals surface area (Å²) in [5.41, 5.74) is 0. The number of carbonyl (C=O) groups is 1. The normalized spacial score (nSPS) is 22.0. The molecule has 0 aromatic carbocycles. The summed E-state index contributed by atoms with van der Waals surface area (Å²) in [6.07, 6.45) is 4.11. The summed E-state index contributed by atoms with van der Waals surface area (Å²) in [6.45, 7) is 1.85. The Balaban J connectivity index is 2.55. The number of carbonyl (C=O) groups excluding carboxylic acids is 1. The van der Waals surface area contributed by atoms with E-state index in [-0.39, 0.29) is 12.1 Å². The molecule has 1 heterocycles. The fraction of sp³-hybridized carbons (Fsp3) is 0.571. The summed E-state index contributed by atoms with van der Waals surface area (Å²) >= 11 is 4.11. The molecule has 1 aliphatic rings. The highest BCUT2D eigenvalue weighted by Crippen LogP contribution is 2.07. The van der Waals surface area contributed by atoms with Gasteiger partial charge in [-0.3, -0.25) is 9.69 Å². The molecule has 1 atom stereocenters. The monoisotopic (exact) mass is 172 g/mol. The molecule has 1 unspecified atom stereocenters. The number of nitrogens with one attached hydrogen (secondary N) is 1. The topological polar surface area (TPSA) is 32.3 Å². The number of hydrogen-bond donors (Lipinski definition) is 2. The number of hydrogen-bond acceptors (Lipinski definition) is 3. The van der Waals surface area contributed by atoms with E-state index in [2.05, 4.69) is 17.9 Å². The van der Waals surface area contributed by atoms with Crippen molar-refractivity contribution < 1.29 is 4.79 Å². The second kappa shape index (κ2) is 3.67. The van der Waals surface area contributed by atoms with Crippen LogP contribution < -0.4 is 5.32 Å². The molecule has 1 aliphatic heterocycles. The van der Waals surface area contributed by atoms with Gasteiger partial charge in [0.05, 0.1) is 0 Å². The fourth-order valence-corrected chi connectivity index (χ4v) is 1.28. The van der Waals surface area contributed by atoms with Crippen LogP contribution in [0, 0.1) is 0 Å². The van der Waals surface area contributed by atoms with E-state index in [0.717, 1.165) is 0 Å². The first kappa shape index (κ1) is 8.46. The predicted octanol–water partition coefficient (Wildman–Crippen LogP) is 0.555. The van der Waals surface area contributed by atoms with E-state index in [0.29, 0.717) is 12.2 Å². The molecular weight excluding hydrogens is 160 g/mol.